The van der Waals surface area contributed by atoms with Crippen molar-refractivity contribution < 1.29 is 9.84 Å². The van der Waals surface area contributed by atoms with E-state index in [-0.39, 0.29) is 0 Å². The van der Waals surface area contributed by atoms with Crippen LogP contribution in [0.5, 0.6) is 0 Å². The molecule has 0 aliphatic heterocycles. The molecule has 4 nitrogen and oxygen atoms in total. The molecule has 0 radical (unpaired) electrons. The van der Waals surface area contributed by atoms with Gasteiger partial charge in [0.15, 0.2) is 0 Å². The molecule has 0 amide bonds. The molecule has 1 fully saturated rings. The number of aliphatic hydroxyl groups excluding tert-OH is 1. The number of aromatic nitrogens is 2. The number of hydrogen-bond donors (Lipinski definition) is 1. The van der Waals surface area contributed by atoms with Crippen molar-refractivity contribution in [3.05, 3.63) is 18.2 Å². The summed E-state index contributed by atoms with van der Waals surface area (Å²) in [7, 11) is 1.72. The van der Waals surface area contributed by atoms with Crippen LogP contribution in [0.3, 0.4) is 0 Å². The standard InChI is InChI=1S/C16H28N2O2/c1-5-11-18-12-10-17-14(18)13(19)16(20-4)8-6-15(2,3)7-9-16/h10,12-13,19H,5-9,11H2,1-4H3. The van der Waals surface area contributed by atoms with Gasteiger partial charge in [-0.15, -0.1) is 0 Å². The molecule has 1 unspecified atom stereocenters. The van der Waals surface area contributed by atoms with E-state index in [1.807, 2.05) is 10.8 Å². The van der Waals surface area contributed by atoms with E-state index < -0.39 is 11.7 Å². The Morgan fingerprint density at radius 2 is 2.00 bits per heavy atom. The molecule has 114 valence electrons. The smallest absolute Gasteiger partial charge is 0.141 e. The molecule has 1 aromatic rings. The molecule has 0 saturated heterocycles. The zero-order valence-electron chi connectivity index (χ0n) is 13.2. The Hall–Kier alpha value is -0.870. The molecule has 2 rings (SSSR count). The number of imidazole rings is 1. The van der Waals surface area contributed by atoms with Gasteiger partial charge >= 0.3 is 0 Å². The maximum atomic E-state index is 10.9. The average molecular weight is 280 g/mol. The van der Waals surface area contributed by atoms with E-state index in [0.717, 1.165) is 44.5 Å². The molecule has 1 saturated carbocycles. The van der Waals surface area contributed by atoms with Gasteiger partial charge < -0.3 is 14.4 Å². The summed E-state index contributed by atoms with van der Waals surface area (Å²) in [5.74, 6) is 0.744. The monoisotopic (exact) mass is 280 g/mol. The normalized spacial score (nSPS) is 22.6. The number of methoxy groups -OCH3 is 1. The third-order valence-electron chi connectivity index (χ3n) is 4.81. The Labute approximate surface area is 122 Å². The Morgan fingerprint density at radius 3 is 2.55 bits per heavy atom. The summed E-state index contributed by atoms with van der Waals surface area (Å²) in [6.45, 7) is 7.59. The summed E-state index contributed by atoms with van der Waals surface area (Å²) >= 11 is 0. The van der Waals surface area contributed by atoms with Crippen molar-refractivity contribution in [2.45, 2.75) is 71.1 Å². The van der Waals surface area contributed by atoms with Crippen LogP contribution in [0.4, 0.5) is 0 Å². The van der Waals surface area contributed by atoms with Gasteiger partial charge in [0, 0.05) is 26.0 Å². The highest BCUT2D eigenvalue weighted by molar-refractivity contribution is 5.07. The molecule has 20 heavy (non-hydrogen) atoms. The number of rotatable bonds is 5. The Balaban J connectivity index is 2.21. The fourth-order valence-electron chi connectivity index (χ4n) is 3.17. The Bertz CT molecular complexity index is 429. The van der Waals surface area contributed by atoms with Crippen LogP contribution in [0.2, 0.25) is 0 Å². The first-order valence-corrected chi connectivity index (χ1v) is 7.68. The van der Waals surface area contributed by atoms with Crippen LogP contribution in [0, 0.1) is 5.41 Å². The molecule has 0 aromatic carbocycles. The Kier molecular flexibility index (Phi) is 4.55. The minimum atomic E-state index is -0.648. The van der Waals surface area contributed by atoms with Crippen LogP contribution in [0.25, 0.3) is 0 Å². The van der Waals surface area contributed by atoms with Crippen molar-refractivity contribution >= 4 is 0 Å². The maximum absolute atomic E-state index is 10.9. The SMILES string of the molecule is CCCn1ccnc1C(O)C1(OC)CCC(C)(C)CC1. The van der Waals surface area contributed by atoms with Gasteiger partial charge in [-0.25, -0.2) is 4.98 Å². The zero-order valence-corrected chi connectivity index (χ0v) is 13.2. The summed E-state index contributed by atoms with van der Waals surface area (Å²) in [6.07, 6.45) is 8.02. The summed E-state index contributed by atoms with van der Waals surface area (Å²) in [5.41, 5.74) is -0.132. The van der Waals surface area contributed by atoms with Gasteiger partial charge in [-0.05, 0) is 37.5 Å². The van der Waals surface area contributed by atoms with Crippen LogP contribution < -0.4 is 0 Å². The molecular formula is C16H28N2O2. The fourth-order valence-corrected chi connectivity index (χ4v) is 3.17. The van der Waals surface area contributed by atoms with E-state index in [1.165, 1.54) is 0 Å². The van der Waals surface area contributed by atoms with Gasteiger partial charge in [0.25, 0.3) is 0 Å². The summed E-state index contributed by atoms with van der Waals surface area (Å²) in [4.78, 5) is 4.37. The second-order valence-corrected chi connectivity index (χ2v) is 6.81. The van der Waals surface area contributed by atoms with E-state index >= 15 is 0 Å². The molecule has 4 heteroatoms. The van der Waals surface area contributed by atoms with E-state index in [9.17, 15) is 5.11 Å². The average Bonchev–Trinajstić information content (AvgIpc) is 2.87. The molecule has 1 aliphatic rings. The molecule has 1 heterocycles. The number of aliphatic hydroxyl groups is 1. The highest BCUT2D eigenvalue weighted by Gasteiger charge is 2.45. The minimum Gasteiger partial charge on any atom is -0.382 e. The van der Waals surface area contributed by atoms with E-state index in [4.69, 9.17) is 4.74 Å². The third kappa shape index (κ3) is 2.91. The quantitative estimate of drug-likeness (QED) is 0.900. The van der Waals surface area contributed by atoms with Crippen LogP contribution in [-0.4, -0.2) is 27.4 Å². The highest BCUT2D eigenvalue weighted by atomic mass is 16.5. The van der Waals surface area contributed by atoms with Crippen molar-refractivity contribution in [1.29, 1.82) is 0 Å². The third-order valence-corrected chi connectivity index (χ3v) is 4.81. The van der Waals surface area contributed by atoms with E-state index in [2.05, 4.69) is 25.8 Å². The molecule has 1 aliphatic carbocycles. The first kappa shape index (κ1) is 15.5. The minimum absolute atomic E-state index is 0.348. The van der Waals surface area contributed by atoms with Gasteiger partial charge in [-0.1, -0.05) is 20.8 Å². The molecule has 1 N–H and O–H groups in total. The van der Waals surface area contributed by atoms with Gasteiger partial charge in [0.05, 0.1) is 0 Å². The van der Waals surface area contributed by atoms with Crippen molar-refractivity contribution in [2.24, 2.45) is 5.41 Å². The maximum Gasteiger partial charge on any atom is 0.141 e. The van der Waals surface area contributed by atoms with Crippen LogP contribution >= 0.6 is 0 Å². The molecular weight excluding hydrogens is 252 g/mol. The number of nitrogens with zero attached hydrogens (tertiary/aromatic N) is 2. The topological polar surface area (TPSA) is 47.3 Å². The molecule has 1 aromatic heterocycles. The van der Waals surface area contributed by atoms with Crippen molar-refractivity contribution in [1.82, 2.24) is 9.55 Å². The predicted molar refractivity (Wildman–Crippen MR) is 79.5 cm³/mol. The molecule has 0 spiro atoms. The van der Waals surface area contributed by atoms with Crippen LogP contribution in [0.15, 0.2) is 12.4 Å². The lowest BCUT2D eigenvalue weighted by atomic mass is 9.69. The van der Waals surface area contributed by atoms with Gasteiger partial charge in [-0.3, -0.25) is 0 Å². The summed E-state index contributed by atoms with van der Waals surface area (Å²) in [5, 5.41) is 10.9. The second kappa shape index (κ2) is 5.86. The highest BCUT2D eigenvalue weighted by Crippen LogP contribution is 2.47. The number of ether oxygens (including phenoxy) is 1. The van der Waals surface area contributed by atoms with Crippen molar-refractivity contribution in [3.8, 4) is 0 Å². The lowest BCUT2D eigenvalue weighted by Gasteiger charge is -2.44. The summed E-state index contributed by atoms with van der Waals surface area (Å²) < 4.78 is 7.83. The molecule has 1 atom stereocenters. The second-order valence-electron chi connectivity index (χ2n) is 6.81. The van der Waals surface area contributed by atoms with Crippen molar-refractivity contribution in [3.63, 3.8) is 0 Å². The zero-order chi connectivity index (χ0) is 14.8. The predicted octanol–water partition coefficient (Wildman–Crippen LogP) is 3.31. The first-order chi connectivity index (χ1) is 9.44. The van der Waals surface area contributed by atoms with Gasteiger partial charge in [0.1, 0.15) is 17.5 Å². The van der Waals surface area contributed by atoms with E-state index in [0.29, 0.717) is 5.41 Å². The van der Waals surface area contributed by atoms with Crippen molar-refractivity contribution in [2.75, 3.05) is 7.11 Å². The van der Waals surface area contributed by atoms with Gasteiger partial charge in [0.2, 0.25) is 0 Å². The first-order valence-electron chi connectivity index (χ1n) is 7.68. The lowest BCUT2D eigenvalue weighted by Crippen LogP contribution is -2.44. The number of hydrogen-bond acceptors (Lipinski definition) is 3. The molecule has 0 bridgehead atoms. The fraction of sp³-hybridized carbons (Fsp3) is 0.812. The van der Waals surface area contributed by atoms with Crippen LogP contribution in [-0.2, 0) is 11.3 Å². The van der Waals surface area contributed by atoms with Gasteiger partial charge in [-0.2, -0.15) is 0 Å². The number of aryl methyl sites for hydroxylation is 1. The summed E-state index contributed by atoms with van der Waals surface area (Å²) in [6, 6.07) is 0. The van der Waals surface area contributed by atoms with Crippen LogP contribution in [0.1, 0.15) is 64.8 Å². The Morgan fingerprint density at radius 1 is 1.35 bits per heavy atom. The lowest BCUT2D eigenvalue weighted by molar-refractivity contribution is -0.141. The largest absolute Gasteiger partial charge is 0.382 e. The van der Waals surface area contributed by atoms with E-state index in [1.54, 1.807) is 13.3 Å².